The van der Waals surface area contributed by atoms with Crippen LogP contribution in [0.5, 0.6) is 11.5 Å². The maximum absolute atomic E-state index is 6.22. The molecule has 0 atom stereocenters. The van der Waals surface area contributed by atoms with E-state index in [4.69, 9.17) is 27.9 Å². The number of nitrogens with zero attached hydrogens (tertiary/aromatic N) is 2. The Morgan fingerprint density at radius 2 is 1.74 bits per heavy atom. The molecule has 1 heterocycles. The largest absolute Gasteiger partial charge is 0.455 e. The molecule has 0 radical (unpaired) electrons. The Morgan fingerprint density at radius 1 is 0.947 bits per heavy atom. The van der Waals surface area contributed by atoms with Gasteiger partial charge in [0, 0.05) is 0 Å². The van der Waals surface area contributed by atoms with Gasteiger partial charge in [0.05, 0.1) is 27.1 Å². The minimum atomic E-state index is 0.417. The van der Waals surface area contributed by atoms with Gasteiger partial charge in [-0.15, -0.1) is 0 Å². The molecule has 0 aliphatic heterocycles. The number of rotatable bonds is 2. The fourth-order valence-electron chi connectivity index (χ4n) is 1.76. The number of fused-ring (bicyclic) bond motifs is 1. The molecule has 0 saturated carbocycles. The van der Waals surface area contributed by atoms with Crippen molar-refractivity contribution < 1.29 is 4.74 Å². The lowest BCUT2D eigenvalue weighted by molar-refractivity contribution is 0.485. The molecule has 2 aromatic carbocycles. The predicted molar refractivity (Wildman–Crippen MR) is 76.1 cm³/mol. The number of hydrogen-bond donors (Lipinski definition) is 0. The third-order valence-corrected chi connectivity index (χ3v) is 3.44. The van der Waals surface area contributed by atoms with Gasteiger partial charge in [0.1, 0.15) is 5.75 Å². The Bertz CT molecular complexity index is 732. The first kappa shape index (κ1) is 12.2. The van der Waals surface area contributed by atoms with Gasteiger partial charge in [0.15, 0.2) is 5.75 Å². The fourth-order valence-corrected chi connectivity index (χ4v) is 2.17. The van der Waals surface area contributed by atoms with Gasteiger partial charge in [0.25, 0.3) is 0 Å². The fraction of sp³-hybridized carbons (Fsp3) is 0. The number of ether oxygens (including phenoxy) is 1. The van der Waals surface area contributed by atoms with Crippen molar-refractivity contribution in [1.82, 2.24) is 10.2 Å². The molecule has 5 heteroatoms. The lowest BCUT2D eigenvalue weighted by atomic mass is 10.2. The Kier molecular flexibility index (Phi) is 3.23. The maximum Gasteiger partial charge on any atom is 0.158 e. The van der Waals surface area contributed by atoms with Gasteiger partial charge in [-0.1, -0.05) is 41.4 Å². The molecule has 19 heavy (non-hydrogen) atoms. The molecule has 0 fully saturated rings. The summed E-state index contributed by atoms with van der Waals surface area (Å²) in [7, 11) is 0. The molecular formula is C14H8Cl2N2O. The minimum Gasteiger partial charge on any atom is -0.455 e. The van der Waals surface area contributed by atoms with Crippen molar-refractivity contribution in [3.63, 3.8) is 0 Å². The van der Waals surface area contributed by atoms with Crippen molar-refractivity contribution >= 4 is 34.1 Å². The highest BCUT2D eigenvalue weighted by molar-refractivity contribution is 6.45. The van der Waals surface area contributed by atoms with Gasteiger partial charge in [-0.3, -0.25) is 0 Å². The summed E-state index contributed by atoms with van der Waals surface area (Å²) in [6.07, 6.45) is 1.53. The standard InChI is InChI=1S/C14H8Cl2N2O/c15-10-6-7-11-13(14(10)16)12(8-17-18-11)19-9-4-2-1-3-5-9/h1-8H. The number of halogens is 2. The van der Waals surface area contributed by atoms with Crippen molar-refractivity contribution in [2.75, 3.05) is 0 Å². The van der Waals surface area contributed by atoms with E-state index >= 15 is 0 Å². The SMILES string of the molecule is Clc1ccc2nncc(Oc3ccccc3)c2c1Cl. The zero-order valence-corrected chi connectivity index (χ0v) is 11.2. The van der Waals surface area contributed by atoms with Gasteiger partial charge >= 0.3 is 0 Å². The van der Waals surface area contributed by atoms with E-state index in [1.807, 2.05) is 30.3 Å². The molecule has 3 aromatic rings. The van der Waals surface area contributed by atoms with Crippen molar-refractivity contribution in [2.24, 2.45) is 0 Å². The summed E-state index contributed by atoms with van der Waals surface area (Å²) in [5, 5.41) is 9.45. The number of para-hydroxylation sites is 1. The average Bonchev–Trinajstić information content (AvgIpc) is 2.44. The topological polar surface area (TPSA) is 35.0 Å². The molecule has 1 aromatic heterocycles. The quantitative estimate of drug-likeness (QED) is 0.684. The average molecular weight is 291 g/mol. The summed E-state index contributed by atoms with van der Waals surface area (Å²) in [5.74, 6) is 1.23. The van der Waals surface area contributed by atoms with E-state index in [0.29, 0.717) is 32.4 Å². The molecule has 0 bridgehead atoms. The molecule has 0 aliphatic carbocycles. The molecule has 0 aliphatic rings. The van der Waals surface area contributed by atoms with E-state index in [0.717, 1.165) is 0 Å². The molecule has 3 nitrogen and oxygen atoms in total. The van der Waals surface area contributed by atoms with E-state index in [1.54, 1.807) is 12.1 Å². The van der Waals surface area contributed by atoms with Crippen LogP contribution in [0.2, 0.25) is 10.0 Å². The van der Waals surface area contributed by atoms with Crippen LogP contribution < -0.4 is 4.74 Å². The monoisotopic (exact) mass is 290 g/mol. The molecule has 3 rings (SSSR count). The van der Waals surface area contributed by atoms with Crippen LogP contribution in [-0.4, -0.2) is 10.2 Å². The van der Waals surface area contributed by atoms with Gasteiger partial charge in [0.2, 0.25) is 0 Å². The first-order chi connectivity index (χ1) is 9.25. The van der Waals surface area contributed by atoms with Gasteiger partial charge < -0.3 is 4.74 Å². The second-order valence-electron chi connectivity index (χ2n) is 3.88. The summed E-state index contributed by atoms with van der Waals surface area (Å²) in [4.78, 5) is 0. The van der Waals surface area contributed by atoms with Gasteiger partial charge in [-0.2, -0.15) is 10.2 Å². The normalized spacial score (nSPS) is 10.6. The van der Waals surface area contributed by atoms with Crippen LogP contribution in [0.25, 0.3) is 10.9 Å². The van der Waals surface area contributed by atoms with Crippen LogP contribution in [0.4, 0.5) is 0 Å². The summed E-state index contributed by atoms with van der Waals surface area (Å²) in [6.45, 7) is 0. The van der Waals surface area contributed by atoms with Crippen molar-refractivity contribution in [3.8, 4) is 11.5 Å². The summed E-state index contributed by atoms with van der Waals surface area (Å²) in [5.41, 5.74) is 0.642. The van der Waals surface area contributed by atoms with Crippen LogP contribution in [0.15, 0.2) is 48.7 Å². The lowest BCUT2D eigenvalue weighted by Gasteiger charge is -2.09. The molecule has 0 unspecified atom stereocenters. The Morgan fingerprint density at radius 3 is 2.53 bits per heavy atom. The number of benzene rings is 2. The molecule has 0 amide bonds. The van der Waals surface area contributed by atoms with Crippen molar-refractivity contribution in [1.29, 1.82) is 0 Å². The van der Waals surface area contributed by atoms with Crippen LogP contribution in [0.1, 0.15) is 0 Å². The Balaban J connectivity index is 2.16. The highest BCUT2D eigenvalue weighted by Crippen LogP contribution is 2.36. The van der Waals surface area contributed by atoms with Crippen LogP contribution >= 0.6 is 23.2 Å². The van der Waals surface area contributed by atoms with E-state index in [9.17, 15) is 0 Å². The minimum absolute atomic E-state index is 0.417. The first-order valence-electron chi connectivity index (χ1n) is 5.58. The van der Waals surface area contributed by atoms with Crippen LogP contribution in [0, 0.1) is 0 Å². The molecule has 0 saturated heterocycles. The number of aromatic nitrogens is 2. The Hall–Kier alpha value is -1.84. The smallest absolute Gasteiger partial charge is 0.158 e. The van der Waals surface area contributed by atoms with E-state index < -0.39 is 0 Å². The highest BCUT2D eigenvalue weighted by Gasteiger charge is 2.12. The van der Waals surface area contributed by atoms with Crippen LogP contribution in [0.3, 0.4) is 0 Å². The first-order valence-corrected chi connectivity index (χ1v) is 6.33. The van der Waals surface area contributed by atoms with Crippen molar-refractivity contribution in [2.45, 2.75) is 0 Å². The molecular weight excluding hydrogens is 283 g/mol. The van der Waals surface area contributed by atoms with Gasteiger partial charge in [-0.25, -0.2) is 0 Å². The predicted octanol–water partition coefficient (Wildman–Crippen LogP) is 4.73. The van der Waals surface area contributed by atoms with E-state index in [2.05, 4.69) is 10.2 Å². The highest BCUT2D eigenvalue weighted by atomic mass is 35.5. The maximum atomic E-state index is 6.22. The molecule has 0 spiro atoms. The molecule has 0 N–H and O–H groups in total. The second kappa shape index (κ2) is 5.03. The van der Waals surface area contributed by atoms with E-state index in [-0.39, 0.29) is 0 Å². The summed E-state index contributed by atoms with van der Waals surface area (Å²) in [6, 6.07) is 12.8. The Labute approximate surface area is 119 Å². The third-order valence-electron chi connectivity index (χ3n) is 2.63. The second-order valence-corrected chi connectivity index (χ2v) is 4.66. The van der Waals surface area contributed by atoms with Gasteiger partial charge in [-0.05, 0) is 24.3 Å². The summed E-state index contributed by atoms with van der Waals surface area (Å²) < 4.78 is 5.78. The zero-order valence-electron chi connectivity index (χ0n) is 9.68. The number of hydrogen-bond acceptors (Lipinski definition) is 3. The van der Waals surface area contributed by atoms with Crippen molar-refractivity contribution in [3.05, 3.63) is 58.7 Å². The third kappa shape index (κ3) is 2.35. The summed E-state index contributed by atoms with van der Waals surface area (Å²) >= 11 is 12.2. The van der Waals surface area contributed by atoms with E-state index in [1.165, 1.54) is 6.20 Å². The zero-order chi connectivity index (χ0) is 13.2. The lowest BCUT2D eigenvalue weighted by Crippen LogP contribution is -1.91. The van der Waals surface area contributed by atoms with Crippen LogP contribution in [-0.2, 0) is 0 Å². The molecule has 94 valence electrons.